The largest absolute Gasteiger partial charge is 0.341 e. The van der Waals surface area contributed by atoms with E-state index >= 15 is 0 Å². The zero-order valence-corrected chi connectivity index (χ0v) is 17.4. The molecule has 2 atom stereocenters. The Kier molecular flexibility index (Phi) is 5.23. The SMILES string of the molecule is Cc1ccc(CSC2=N[C@@H]3CS(=O)(=O)C[C@@H]3N2Cc2ccc(Cl)cc2)cc1. The lowest BCUT2D eigenvalue weighted by atomic mass is 10.1. The van der Waals surface area contributed by atoms with Gasteiger partial charge >= 0.3 is 0 Å². The third-order valence-electron chi connectivity index (χ3n) is 4.97. The number of hydrogen-bond acceptors (Lipinski definition) is 5. The lowest BCUT2D eigenvalue weighted by Crippen LogP contribution is -2.38. The summed E-state index contributed by atoms with van der Waals surface area (Å²) in [5, 5.41) is 1.64. The summed E-state index contributed by atoms with van der Waals surface area (Å²) >= 11 is 7.68. The molecule has 4 nitrogen and oxygen atoms in total. The highest BCUT2D eigenvalue weighted by atomic mass is 35.5. The van der Waals surface area contributed by atoms with Crippen LogP contribution in [0.4, 0.5) is 0 Å². The van der Waals surface area contributed by atoms with E-state index in [-0.39, 0.29) is 23.6 Å². The quantitative estimate of drug-likeness (QED) is 0.752. The fourth-order valence-electron chi connectivity index (χ4n) is 3.51. The van der Waals surface area contributed by atoms with E-state index in [1.54, 1.807) is 11.8 Å². The van der Waals surface area contributed by atoms with Crippen molar-refractivity contribution in [2.75, 3.05) is 11.5 Å². The molecule has 0 aliphatic carbocycles. The topological polar surface area (TPSA) is 49.7 Å². The zero-order chi connectivity index (χ0) is 19.0. The van der Waals surface area contributed by atoms with Crippen molar-refractivity contribution in [2.24, 2.45) is 4.99 Å². The van der Waals surface area contributed by atoms with Gasteiger partial charge in [-0.2, -0.15) is 0 Å². The van der Waals surface area contributed by atoms with Crippen molar-refractivity contribution in [3.63, 3.8) is 0 Å². The molecular weight excluding hydrogens is 400 g/mol. The van der Waals surface area contributed by atoms with E-state index in [0.717, 1.165) is 16.5 Å². The molecule has 0 bridgehead atoms. The van der Waals surface area contributed by atoms with Crippen molar-refractivity contribution in [1.29, 1.82) is 0 Å². The predicted molar refractivity (Wildman–Crippen MR) is 113 cm³/mol. The first-order valence-electron chi connectivity index (χ1n) is 8.87. The van der Waals surface area contributed by atoms with Gasteiger partial charge in [0, 0.05) is 17.3 Å². The molecule has 0 unspecified atom stereocenters. The van der Waals surface area contributed by atoms with Crippen LogP contribution in [0.2, 0.25) is 5.02 Å². The number of amidine groups is 1. The van der Waals surface area contributed by atoms with Crippen LogP contribution in [0.1, 0.15) is 16.7 Å². The number of fused-ring (bicyclic) bond motifs is 1. The molecule has 0 radical (unpaired) electrons. The van der Waals surface area contributed by atoms with Crippen LogP contribution in [0.5, 0.6) is 0 Å². The third kappa shape index (κ3) is 4.33. The van der Waals surface area contributed by atoms with Gasteiger partial charge in [-0.25, -0.2) is 8.42 Å². The smallest absolute Gasteiger partial charge is 0.160 e. The lowest BCUT2D eigenvalue weighted by molar-refractivity contribution is 0.343. The van der Waals surface area contributed by atoms with Crippen molar-refractivity contribution >= 4 is 38.4 Å². The van der Waals surface area contributed by atoms with Gasteiger partial charge in [-0.15, -0.1) is 0 Å². The lowest BCUT2D eigenvalue weighted by Gasteiger charge is -2.26. The second-order valence-corrected chi connectivity index (χ2v) is 10.7. The molecule has 2 aliphatic rings. The molecule has 7 heteroatoms. The van der Waals surface area contributed by atoms with Gasteiger partial charge in [-0.05, 0) is 30.2 Å². The van der Waals surface area contributed by atoms with Crippen molar-refractivity contribution < 1.29 is 8.42 Å². The van der Waals surface area contributed by atoms with Gasteiger partial charge < -0.3 is 4.90 Å². The molecule has 1 saturated heterocycles. The third-order valence-corrected chi connectivity index (χ3v) is 8.00. The molecule has 0 spiro atoms. The summed E-state index contributed by atoms with van der Waals surface area (Å²) < 4.78 is 24.2. The fourth-order valence-corrected chi connectivity index (χ4v) is 6.58. The van der Waals surface area contributed by atoms with Crippen LogP contribution in [-0.2, 0) is 22.1 Å². The van der Waals surface area contributed by atoms with E-state index in [1.807, 2.05) is 24.3 Å². The van der Waals surface area contributed by atoms with Crippen LogP contribution in [0.25, 0.3) is 0 Å². The van der Waals surface area contributed by atoms with Gasteiger partial charge in [0.1, 0.15) is 0 Å². The van der Waals surface area contributed by atoms with Crippen LogP contribution in [0.15, 0.2) is 53.5 Å². The highest BCUT2D eigenvalue weighted by Crippen LogP contribution is 2.33. The monoisotopic (exact) mass is 420 g/mol. The average molecular weight is 421 g/mol. The standard InChI is InChI=1S/C20H21ClN2O2S2/c1-14-2-4-16(5-3-14)11-26-20-22-18-12-27(24,25)13-19(18)23(20)10-15-6-8-17(21)9-7-15/h2-9,18-19H,10-13H2,1H3/t18-,19+/m1/s1. The van der Waals surface area contributed by atoms with E-state index in [9.17, 15) is 8.42 Å². The summed E-state index contributed by atoms with van der Waals surface area (Å²) in [6.45, 7) is 2.72. The normalized spacial score (nSPS) is 23.3. The summed E-state index contributed by atoms with van der Waals surface area (Å²) in [6, 6.07) is 16.0. The Bertz CT molecular complexity index is 956. The minimum Gasteiger partial charge on any atom is -0.341 e. The molecule has 27 heavy (non-hydrogen) atoms. The first kappa shape index (κ1) is 18.8. The Balaban J connectivity index is 1.53. The van der Waals surface area contributed by atoms with E-state index in [2.05, 4.69) is 36.1 Å². The van der Waals surface area contributed by atoms with Crippen LogP contribution < -0.4 is 0 Å². The second-order valence-electron chi connectivity index (χ2n) is 7.15. The van der Waals surface area contributed by atoms with Crippen LogP contribution in [0.3, 0.4) is 0 Å². The predicted octanol–water partition coefficient (Wildman–Crippen LogP) is 3.92. The first-order valence-corrected chi connectivity index (χ1v) is 12.1. The molecular formula is C20H21ClN2O2S2. The van der Waals surface area contributed by atoms with Crippen LogP contribution in [-0.4, -0.2) is 42.1 Å². The molecule has 1 fully saturated rings. The molecule has 2 aliphatic heterocycles. The first-order chi connectivity index (χ1) is 12.9. The van der Waals surface area contributed by atoms with Gasteiger partial charge in [0.2, 0.25) is 0 Å². The van der Waals surface area contributed by atoms with E-state index in [1.165, 1.54) is 11.1 Å². The summed E-state index contributed by atoms with van der Waals surface area (Å²) in [6.07, 6.45) is 0. The highest BCUT2D eigenvalue weighted by molar-refractivity contribution is 8.13. The van der Waals surface area contributed by atoms with E-state index in [4.69, 9.17) is 16.6 Å². The molecule has 2 aromatic rings. The summed E-state index contributed by atoms with van der Waals surface area (Å²) in [5.74, 6) is 1.16. The van der Waals surface area contributed by atoms with Crippen LogP contribution in [0, 0.1) is 6.92 Å². The summed E-state index contributed by atoms with van der Waals surface area (Å²) in [7, 11) is -3.01. The molecule has 0 N–H and O–H groups in total. The van der Waals surface area contributed by atoms with Crippen molar-refractivity contribution in [3.05, 3.63) is 70.2 Å². The number of benzene rings is 2. The van der Waals surface area contributed by atoms with Crippen molar-refractivity contribution in [2.45, 2.75) is 31.3 Å². The Morgan fingerprint density at radius 2 is 1.74 bits per heavy atom. The minimum atomic E-state index is -3.01. The molecule has 0 amide bonds. The summed E-state index contributed by atoms with van der Waals surface area (Å²) in [5.41, 5.74) is 3.59. The minimum absolute atomic E-state index is 0.0637. The number of rotatable bonds is 4. The fraction of sp³-hybridized carbons (Fsp3) is 0.350. The van der Waals surface area contributed by atoms with Gasteiger partial charge in [0.15, 0.2) is 15.0 Å². The molecule has 142 valence electrons. The van der Waals surface area contributed by atoms with Gasteiger partial charge in [0.25, 0.3) is 0 Å². The van der Waals surface area contributed by atoms with Gasteiger partial charge in [-0.1, -0.05) is 65.3 Å². The maximum atomic E-state index is 12.1. The van der Waals surface area contributed by atoms with Crippen molar-refractivity contribution in [3.8, 4) is 0 Å². The average Bonchev–Trinajstić information content (AvgIpc) is 3.09. The number of halogens is 1. The Morgan fingerprint density at radius 3 is 2.44 bits per heavy atom. The van der Waals surface area contributed by atoms with Gasteiger partial charge in [-0.3, -0.25) is 4.99 Å². The van der Waals surface area contributed by atoms with Crippen molar-refractivity contribution in [1.82, 2.24) is 4.90 Å². The molecule has 0 saturated carbocycles. The van der Waals surface area contributed by atoms with E-state index in [0.29, 0.717) is 11.6 Å². The van der Waals surface area contributed by atoms with E-state index < -0.39 is 9.84 Å². The number of sulfone groups is 1. The molecule has 2 aromatic carbocycles. The maximum absolute atomic E-state index is 12.1. The zero-order valence-electron chi connectivity index (χ0n) is 15.0. The highest BCUT2D eigenvalue weighted by Gasteiger charge is 2.46. The number of nitrogens with zero attached hydrogens (tertiary/aromatic N) is 2. The van der Waals surface area contributed by atoms with Gasteiger partial charge in [0.05, 0.1) is 23.6 Å². The second kappa shape index (κ2) is 7.49. The Morgan fingerprint density at radius 1 is 1.07 bits per heavy atom. The number of aryl methyl sites for hydroxylation is 1. The Hall–Kier alpha value is -1.50. The summed E-state index contributed by atoms with van der Waals surface area (Å²) in [4.78, 5) is 6.94. The van der Waals surface area contributed by atoms with Crippen LogP contribution >= 0.6 is 23.4 Å². The number of hydrogen-bond donors (Lipinski definition) is 0. The Labute approximate surface area is 169 Å². The molecule has 2 heterocycles. The number of aliphatic imine (C=N–C) groups is 1. The molecule has 0 aromatic heterocycles. The number of thioether (sulfide) groups is 1. The maximum Gasteiger partial charge on any atom is 0.160 e. The molecule has 4 rings (SSSR count).